The van der Waals surface area contributed by atoms with Gasteiger partial charge in [-0.05, 0) is 18.8 Å². The van der Waals surface area contributed by atoms with Crippen molar-refractivity contribution in [2.75, 3.05) is 6.61 Å². The number of fused-ring (bicyclic) bond motifs is 1. The van der Waals surface area contributed by atoms with Gasteiger partial charge in [0.15, 0.2) is 0 Å². The first-order chi connectivity index (χ1) is 7.57. The minimum atomic E-state index is -0.342. The van der Waals surface area contributed by atoms with Crippen LogP contribution in [0.2, 0.25) is 0 Å². The zero-order chi connectivity index (χ0) is 11.9. The van der Waals surface area contributed by atoms with Gasteiger partial charge in [0.25, 0.3) is 0 Å². The Labute approximate surface area is 95.6 Å². The summed E-state index contributed by atoms with van der Waals surface area (Å²) in [4.78, 5) is 25.5. The number of hydrogen-bond donors (Lipinski definition) is 1. The van der Waals surface area contributed by atoms with Gasteiger partial charge in [-0.25, -0.2) is 0 Å². The minimum Gasteiger partial charge on any atom is -0.394 e. The molecule has 0 aromatic rings. The van der Waals surface area contributed by atoms with Crippen molar-refractivity contribution in [3.63, 3.8) is 0 Å². The molecule has 2 amide bonds. The van der Waals surface area contributed by atoms with Crippen LogP contribution < -0.4 is 0 Å². The number of amides is 2. The number of aliphatic hydroxyl groups excluding tert-OH is 1. The van der Waals surface area contributed by atoms with Crippen LogP contribution >= 0.6 is 0 Å². The molecule has 1 N–H and O–H groups in total. The molecule has 3 atom stereocenters. The minimum absolute atomic E-state index is 0.0553. The van der Waals surface area contributed by atoms with Crippen LogP contribution in [0.1, 0.15) is 33.1 Å². The highest BCUT2D eigenvalue weighted by molar-refractivity contribution is 6.05. The van der Waals surface area contributed by atoms with Gasteiger partial charge in [0.2, 0.25) is 11.8 Å². The third kappa shape index (κ3) is 1.56. The van der Waals surface area contributed by atoms with Crippen LogP contribution in [0.15, 0.2) is 0 Å². The van der Waals surface area contributed by atoms with Crippen molar-refractivity contribution in [2.45, 2.75) is 39.2 Å². The van der Waals surface area contributed by atoms with Gasteiger partial charge in [-0.3, -0.25) is 14.5 Å². The number of imide groups is 1. The lowest BCUT2D eigenvalue weighted by atomic mass is 10.00. The SMILES string of the molecule is CC(C)C(CO)N1C(=O)C2CCCC2C1=O. The molecule has 0 bridgehead atoms. The smallest absolute Gasteiger partial charge is 0.233 e. The van der Waals surface area contributed by atoms with Gasteiger partial charge in [0, 0.05) is 0 Å². The highest BCUT2D eigenvalue weighted by Crippen LogP contribution is 2.41. The molecule has 1 heterocycles. The molecule has 16 heavy (non-hydrogen) atoms. The van der Waals surface area contributed by atoms with Gasteiger partial charge in [-0.2, -0.15) is 0 Å². The summed E-state index contributed by atoms with van der Waals surface area (Å²) in [5, 5.41) is 9.31. The number of likely N-dealkylation sites (tertiary alicyclic amines) is 1. The Morgan fingerprint density at radius 3 is 2.12 bits per heavy atom. The summed E-state index contributed by atoms with van der Waals surface area (Å²) >= 11 is 0. The maximum atomic E-state index is 12.1. The number of carbonyl (C=O) groups excluding carboxylic acids is 2. The van der Waals surface area contributed by atoms with Crippen LogP contribution in [0.3, 0.4) is 0 Å². The van der Waals surface area contributed by atoms with Crippen molar-refractivity contribution in [1.82, 2.24) is 4.90 Å². The van der Waals surface area contributed by atoms with E-state index in [1.807, 2.05) is 13.8 Å². The Balaban J connectivity index is 2.23. The van der Waals surface area contributed by atoms with E-state index in [9.17, 15) is 14.7 Å². The van der Waals surface area contributed by atoms with Gasteiger partial charge >= 0.3 is 0 Å². The molecule has 4 nitrogen and oxygen atoms in total. The van der Waals surface area contributed by atoms with E-state index >= 15 is 0 Å². The van der Waals surface area contributed by atoms with Gasteiger partial charge < -0.3 is 5.11 Å². The molecule has 2 aliphatic rings. The second kappa shape index (κ2) is 4.17. The van der Waals surface area contributed by atoms with Crippen molar-refractivity contribution in [2.24, 2.45) is 17.8 Å². The summed E-state index contributed by atoms with van der Waals surface area (Å²) in [6.07, 6.45) is 2.65. The Morgan fingerprint density at radius 2 is 1.75 bits per heavy atom. The molecule has 2 rings (SSSR count). The monoisotopic (exact) mass is 225 g/mol. The zero-order valence-corrected chi connectivity index (χ0v) is 9.85. The Morgan fingerprint density at radius 1 is 1.25 bits per heavy atom. The molecule has 1 aliphatic heterocycles. The van der Waals surface area contributed by atoms with E-state index in [4.69, 9.17) is 0 Å². The molecule has 90 valence electrons. The maximum Gasteiger partial charge on any atom is 0.233 e. The van der Waals surface area contributed by atoms with Crippen LogP contribution in [-0.4, -0.2) is 34.5 Å². The topological polar surface area (TPSA) is 57.6 Å². The fourth-order valence-electron chi connectivity index (χ4n) is 2.93. The molecule has 0 radical (unpaired) electrons. The third-order valence-electron chi connectivity index (χ3n) is 3.91. The van der Waals surface area contributed by atoms with Gasteiger partial charge in [0.1, 0.15) is 0 Å². The highest BCUT2D eigenvalue weighted by atomic mass is 16.3. The summed E-state index contributed by atoms with van der Waals surface area (Å²) in [5.41, 5.74) is 0. The quantitative estimate of drug-likeness (QED) is 0.722. The number of aliphatic hydroxyl groups is 1. The lowest BCUT2D eigenvalue weighted by Gasteiger charge is -2.28. The van der Waals surface area contributed by atoms with Gasteiger partial charge in [0.05, 0.1) is 24.5 Å². The molecule has 1 saturated heterocycles. The highest BCUT2D eigenvalue weighted by Gasteiger charge is 2.51. The summed E-state index contributed by atoms with van der Waals surface area (Å²) in [6, 6.07) is -0.342. The third-order valence-corrected chi connectivity index (χ3v) is 3.91. The maximum absolute atomic E-state index is 12.1. The zero-order valence-electron chi connectivity index (χ0n) is 9.85. The second-order valence-electron chi connectivity index (χ2n) is 5.18. The van der Waals surface area contributed by atoms with Crippen molar-refractivity contribution < 1.29 is 14.7 Å². The standard InChI is InChI=1S/C12H19NO3/c1-7(2)10(6-14)13-11(15)8-4-3-5-9(8)12(13)16/h7-10,14H,3-6H2,1-2H3. The Bertz CT molecular complexity index is 291. The number of rotatable bonds is 3. The summed E-state index contributed by atoms with van der Waals surface area (Å²) in [5.74, 6) is -0.196. The largest absolute Gasteiger partial charge is 0.394 e. The van der Waals surface area contributed by atoms with Gasteiger partial charge in [-0.15, -0.1) is 0 Å². The Kier molecular flexibility index (Phi) is 3.02. The summed E-state index contributed by atoms with van der Waals surface area (Å²) in [6.45, 7) is 3.72. The average Bonchev–Trinajstić information content (AvgIpc) is 2.78. The van der Waals surface area contributed by atoms with Gasteiger partial charge in [-0.1, -0.05) is 20.3 Å². The fraction of sp³-hybridized carbons (Fsp3) is 0.833. The van der Waals surface area contributed by atoms with Crippen LogP contribution in [0.25, 0.3) is 0 Å². The van der Waals surface area contributed by atoms with Crippen LogP contribution in [-0.2, 0) is 9.59 Å². The van der Waals surface area contributed by atoms with E-state index in [1.54, 1.807) is 0 Å². The first-order valence-corrected chi connectivity index (χ1v) is 6.05. The molecular weight excluding hydrogens is 206 g/mol. The lowest BCUT2D eigenvalue weighted by Crippen LogP contribution is -2.46. The molecule has 0 aromatic heterocycles. The molecule has 4 heteroatoms. The first kappa shape index (κ1) is 11.6. The van der Waals surface area contributed by atoms with Crippen LogP contribution in [0.4, 0.5) is 0 Å². The predicted octanol–water partition coefficient (Wildman–Crippen LogP) is 0.788. The molecule has 1 saturated carbocycles. The number of carbonyl (C=O) groups is 2. The lowest BCUT2D eigenvalue weighted by molar-refractivity contribution is -0.145. The van der Waals surface area contributed by atoms with E-state index in [0.717, 1.165) is 19.3 Å². The van der Waals surface area contributed by atoms with E-state index in [1.165, 1.54) is 4.90 Å². The number of hydrogen-bond acceptors (Lipinski definition) is 3. The molecule has 1 aliphatic carbocycles. The molecule has 0 aromatic carbocycles. The van der Waals surface area contributed by atoms with E-state index in [-0.39, 0.29) is 42.2 Å². The van der Waals surface area contributed by atoms with Crippen molar-refractivity contribution in [3.8, 4) is 0 Å². The van der Waals surface area contributed by atoms with E-state index in [2.05, 4.69) is 0 Å². The molecule has 0 spiro atoms. The number of nitrogens with zero attached hydrogens (tertiary/aromatic N) is 1. The van der Waals surface area contributed by atoms with E-state index in [0.29, 0.717) is 0 Å². The second-order valence-corrected chi connectivity index (χ2v) is 5.18. The predicted molar refractivity (Wildman–Crippen MR) is 58.4 cm³/mol. The normalized spacial score (nSPS) is 31.4. The van der Waals surface area contributed by atoms with Crippen molar-refractivity contribution in [1.29, 1.82) is 0 Å². The Hall–Kier alpha value is -0.900. The fourth-order valence-corrected chi connectivity index (χ4v) is 2.93. The summed E-state index contributed by atoms with van der Waals surface area (Å²) < 4.78 is 0. The summed E-state index contributed by atoms with van der Waals surface area (Å²) in [7, 11) is 0. The van der Waals surface area contributed by atoms with Crippen LogP contribution in [0.5, 0.6) is 0 Å². The van der Waals surface area contributed by atoms with Crippen molar-refractivity contribution in [3.05, 3.63) is 0 Å². The first-order valence-electron chi connectivity index (χ1n) is 6.05. The molecular formula is C12H19NO3. The van der Waals surface area contributed by atoms with Crippen LogP contribution in [0, 0.1) is 17.8 Å². The van der Waals surface area contributed by atoms with Crippen molar-refractivity contribution >= 4 is 11.8 Å². The average molecular weight is 225 g/mol. The van der Waals surface area contributed by atoms with E-state index < -0.39 is 0 Å². The molecule has 3 unspecified atom stereocenters. The molecule has 2 fully saturated rings.